The molecule has 0 fully saturated rings. The molecule has 2 nitrogen and oxygen atoms in total. The molecule has 0 amide bonds. The Morgan fingerprint density at radius 3 is 3.08 bits per heavy atom. The predicted molar refractivity (Wildman–Crippen MR) is 53.8 cm³/mol. The van der Waals surface area contributed by atoms with Crippen LogP contribution in [-0.2, 0) is 0 Å². The lowest BCUT2D eigenvalue weighted by Gasteiger charge is -1.91. The zero-order valence-electron chi connectivity index (χ0n) is 6.47. The highest BCUT2D eigenvalue weighted by molar-refractivity contribution is 7.19. The van der Waals surface area contributed by atoms with E-state index in [0.29, 0.717) is 5.02 Å². The molecular formula is C8H7ClN2S. The van der Waals surface area contributed by atoms with Crippen molar-refractivity contribution in [1.29, 1.82) is 0 Å². The summed E-state index contributed by atoms with van der Waals surface area (Å²) in [5.74, 6) is 0. The fourth-order valence-corrected chi connectivity index (χ4v) is 2.14. The van der Waals surface area contributed by atoms with E-state index in [0.717, 1.165) is 20.8 Å². The summed E-state index contributed by atoms with van der Waals surface area (Å²) in [6.45, 7) is 1.98. The van der Waals surface area contributed by atoms with Crippen molar-refractivity contribution in [2.75, 3.05) is 5.73 Å². The number of fused-ring (bicyclic) bond motifs is 1. The lowest BCUT2D eigenvalue weighted by molar-refractivity contribution is 1.45. The molecule has 0 spiro atoms. The predicted octanol–water partition coefficient (Wildman–Crippen LogP) is 2.84. The number of nitrogen functional groups attached to an aromatic ring is 1. The van der Waals surface area contributed by atoms with Crippen LogP contribution in [-0.4, -0.2) is 4.98 Å². The Labute approximate surface area is 79.0 Å². The van der Waals surface area contributed by atoms with Crippen LogP contribution in [0.15, 0.2) is 12.3 Å². The number of halogens is 1. The normalized spacial score (nSPS) is 10.8. The minimum absolute atomic E-state index is 0.631. The molecule has 4 heteroatoms. The first-order valence-corrected chi connectivity index (χ1v) is 4.68. The van der Waals surface area contributed by atoms with Crippen LogP contribution in [0.5, 0.6) is 0 Å². The summed E-state index contributed by atoms with van der Waals surface area (Å²) in [6.07, 6.45) is 1.64. The first-order valence-electron chi connectivity index (χ1n) is 3.48. The van der Waals surface area contributed by atoms with Gasteiger partial charge in [-0.25, -0.2) is 4.98 Å². The average molecular weight is 199 g/mol. The summed E-state index contributed by atoms with van der Waals surface area (Å²) in [5, 5.41) is 1.59. The van der Waals surface area contributed by atoms with Crippen molar-refractivity contribution in [2.45, 2.75) is 6.92 Å². The van der Waals surface area contributed by atoms with E-state index in [1.807, 2.05) is 13.0 Å². The van der Waals surface area contributed by atoms with E-state index in [9.17, 15) is 0 Å². The molecule has 0 saturated carbocycles. The third-order valence-electron chi connectivity index (χ3n) is 1.74. The Bertz CT molecular complexity index is 436. The molecule has 2 N–H and O–H groups in total. The van der Waals surface area contributed by atoms with Gasteiger partial charge in [0.2, 0.25) is 0 Å². The number of hydrogen-bond acceptors (Lipinski definition) is 3. The van der Waals surface area contributed by atoms with E-state index in [1.54, 1.807) is 17.5 Å². The maximum absolute atomic E-state index is 5.82. The molecule has 0 atom stereocenters. The molecule has 0 aliphatic carbocycles. The quantitative estimate of drug-likeness (QED) is 0.707. The van der Waals surface area contributed by atoms with E-state index < -0.39 is 0 Å². The third-order valence-corrected chi connectivity index (χ3v) is 2.99. The molecule has 2 aromatic heterocycles. The van der Waals surface area contributed by atoms with Crippen molar-refractivity contribution < 1.29 is 0 Å². The van der Waals surface area contributed by atoms with Gasteiger partial charge in [-0.2, -0.15) is 0 Å². The van der Waals surface area contributed by atoms with Crippen LogP contribution >= 0.6 is 22.9 Å². The number of anilines is 1. The minimum Gasteiger partial charge on any atom is -0.397 e. The Morgan fingerprint density at radius 1 is 1.58 bits per heavy atom. The highest BCUT2D eigenvalue weighted by Crippen LogP contribution is 2.32. The van der Waals surface area contributed by atoms with Gasteiger partial charge in [-0.3, -0.25) is 0 Å². The van der Waals surface area contributed by atoms with Crippen molar-refractivity contribution >= 4 is 38.8 Å². The molecule has 0 unspecified atom stereocenters. The lowest BCUT2D eigenvalue weighted by Crippen LogP contribution is -1.83. The SMILES string of the molecule is Cc1sc2ncc(Cl)cc2c1N. The van der Waals surface area contributed by atoms with E-state index in [1.165, 1.54) is 0 Å². The zero-order valence-corrected chi connectivity index (χ0v) is 8.04. The van der Waals surface area contributed by atoms with Gasteiger partial charge >= 0.3 is 0 Å². The number of hydrogen-bond donors (Lipinski definition) is 1. The van der Waals surface area contributed by atoms with Gasteiger partial charge < -0.3 is 5.73 Å². The summed E-state index contributed by atoms with van der Waals surface area (Å²) < 4.78 is 0. The largest absolute Gasteiger partial charge is 0.397 e. The molecule has 62 valence electrons. The van der Waals surface area contributed by atoms with Crippen molar-refractivity contribution in [2.24, 2.45) is 0 Å². The van der Waals surface area contributed by atoms with Crippen LogP contribution in [0.3, 0.4) is 0 Å². The highest BCUT2D eigenvalue weighted by Gasteiger charge is 2.06. The molecule has 0 aliphatic rings. The fourth-order valence-electron chi connectivity index (χ4n) is 1.09. The van der Waals surface area contributed by atoms with Gasteiger partial charge in [0, 0.05) is 16.5 Å². The summed E-state index contributed by atoms with van der Waals surface area (Å²) in [4.78, 5) is 6.22. The molecule has 0 aromatic carbocycles. The van der Waals surface area contributed by atoms with Crippen molar-refractivity contribution in [3.8, 4) is 0 Å². The van der Waals surface area contributed by atoms with Crippen LogP contribution < -0.4 is 5.73 Å². The summed E-state index contributed by atoms with van der Waals surface area (Å²) in [5.41, 5.74) is 6.62. The maximum atomic E-state index is 5.82. The molecule has 0 bridgehead atoms. The smallest absolute Gasteiger partial charge is 0.125 e. The van der Waals surface area contributed by atoms with Crippen molar-refractivity contribution in [1.82, 2.24) is 4.98 Å². The van der Waals surface area contributed by atoms with Crippen LogP contribution in [0.4, 0.5) is 5.69 Å². The van der Waals surface area contributed by atoms with Gasteiger partial charge in [-0.15, -0.1) is 11.3 Å². The second-order valence-corrected chi connectivity index (χ2v) is 4.22. The van der Waals surface area contributed by atoms with Crippen LogP contribution in [0.2, 0.25) is 5.02 Å². The first kappa shape index (κ1) is 7.83. The first-order chi connectivity index (χ1) is 5.68. The molecule has 0 saturated heterocycles. The van der Waals surface area contributed by atoms with E-state index in [4.69, 9.17) is 17.3 Å². The van der Waals surface area contributed by atoms with Crippen LogP contribution in [0, 0.1) is 6.92 Å². The number of aryl methyl sites for hydroxylation is 1. The fraction of sp³-hybridized carbons (Fsp3) is 0.125. The van der Waals surface area contributed by atoms with Crippen molar-refractivity contribution in [3.05, 3.63) is 22.2 Å². The Hall–Kier alpha value is -0.800. The number of rotatable bonds is 0. The van der Waals surface area contributed by atoms with Gasteiger partial charge in [-0.1, -0.05) is 11.6 Å². The topological polar surface area (TPSA) is 38.9 Å². The van der Waals surface area contributed by atoms with E-state index in [2.05, 4.69) is 4.98 Å². The third kappa shape index (κ3) is 1.06. The Morgan fingerprint density at radius 2 is 2.33 bits per heavy atom. The van der Waals surface area contributed by atoms with Gasteiger partial charge in [0.25, 0.3) is 0 Å². The number of nitrogens with two attached hydrogens (primary N) is 1. The van der Waals surface area contributed by atoms with Crippen LogP contribution in [0.1, 0.15) is 4.88 Å². The molecule has 2 aromatic rings. The molecule has 2 heterocycles. The zero-order chi connectivity index (χ0) is 8.72. The Balaban J connectivity index is 2.88. The molecule has 2 rings (SSSR count). The average Bonchev–Trinajstić information content (AvgIpc) is 2.31. The van der Waals surface area contributed by atoms with E-state index >= 15 is 0 Å². The second kappa shape index (κ2) is 2.61. The summed E-state index contributed by atoms with van der Waals surface area (Å²) in [7, 11) is 0. The van der Waals surface area contributed by atoms with Gasteiger partial charge in [0.15, 0.2) is 0 Å². The van der Waals surface area contributed by atoms with Gasteiger partial charge in [0.1, 0.15) is 4.83 Å². The molecular weight excluding hydrogens is 192 g/mol. The lowest BCUT2D eigenvalue weighted by atomic mass is 10.3. The number of pyridine rings is 1. The van der Waals surface area contributed by atoms with E-state index in [-0.39, 0.29) is 0 Å². The standard InChI is InChI=1S/C8H7ClN2S/c1-4-7(10)6-2-5(9)3-11-8(6)12-4/h2-3H,10H2,1H3. The second-order valence-electron chi connectivity index (χ2n) is 2.58. The maximum Gasteiger partial charge on any atom is 0.125 e. The molecule has 0 aliphatic heterocycles. The van der Waals surface area contributed by atoms with Gasteiger partial charge in [0.05, 0.1) is 10.7 Å². The summed E-state index contributed by atoms with van der Waals surface area (Å²) >= 11 is 7.38. The molecule has 12 heavy (non-hydrogen) atoms. The monoisotopic (exact) mass is 198 g/mol. The minimum atomic E-state index is 0.631. The van der Waals surface area contributed by atoms with Gasteiger partial charge in [-0.05, 0) is 13.0 Å². The van der Waals surface area contributed by atoms with Crippen molar-refractivity contribution in [3.63, 3.8) is 0 Å². The highest BCUT2D eigenvalue weighted by atomic mass is 35.5. The van der Waals surface area contributed by atoms with Crippen LogP contribution in [0.25, 0.3) is 10.2 Å². The number of thiophene rings is 1. The Kier molecular flexibility index (Phi) is 1.70. The molecule has 0 radical (unpaired) electrons. The number of nitrogens with zero attached hydrogens (tertiary/aromatic N) is 1. The number of aromatic nitrogens is 1. The summed E-state index contributed by atoms with van der Waals surface area (Å²) in [6, 6.07) is 1.85.